The molecule has 1 aliphatic carbocycles. The van der Waals surface area contributed by atoms with E-state index >= 15 is 0 Å². The number of hydrogen-bond acceptors (Lipinski definition) is 1. The Morgan fingerprint density at radius 1 is 0.850 bits per heavy atom. The van der Waals surface area contributed by atoms with E-state index in [0.29, 0.717) is 0 Å². The van der Waals surface area contributed by atoms with Crippen LogP contribution in [-0.4, -0.2) is 5.78 Å². The van der Waals surface area contributed by atoms with Gasteiger partial charge in [-0.05, 0) is 34.5 Å². The van der Waals surface area contributed by atoms with E-state index in [2.05, 4.69) is 40.2 Å². The molecule has 0 amide bonds. The Morgan fingerprint density at radius 3 is 1.80 bits per heavy atom. The van der Waals surface area contributed by atoms with Crippen LogP contribution in [0.2, 0.25) is 0 Å². The van der Waals surface area contributed by atoms with Crippen LogP contribution in [0, 0.1) is 0 Å². The zero-order valence-corrected chi connectivity index (χ0v) is 12.6. The first-order valence-corrected chi connectivity index (χ1v) is 7.54. The van der Waals surface area contributed by atoms with Crippen LogP contribution in [-0.2, 0) is 10.2 Å². The molecule has 0 N–H and O–H groups in total. The summed E-state index contributed by atoms with van der Waals surface area (Å²) in [6.07, 6.45) is 3.43. The predicted octanol–water partition coefficient (Wildman–Crippen LogP) is 4.61. The van der Waals surface area contributed by atoms with Gasteiger partial charge in [0.1, 0.15) is 0 Å². The summed E-state index contributed by atoms with van der Waals surface area (Å²) in [4.78, 5) is 12.8. The Morgan fingerprint density at radius 2 is 1.35 bits per heavy atom. The fraction of sp³-hybridized carbons (Fsp3) is 0.167. The van der Waals surface area contributed by atoms with Crippen LogP contribution in [0.4, 0.5) is 0 Å². The Bertz CT molecular complexity index is 604. The van der Waals surface area contributed by atoms with Gasteiger partial charge in [-0.3, -0.25) is 4.79 Å². The summed E-state index contributed by atoms with van der Waals surface area (Å²) in [5, 5.41) is 0. The minimum atomic E-state index is -0.542. The number of rotatable bonds is 2. The summed E-state index contributed by atoms with van der Waals surface area (Å²) in [7, 11) is 0. The molecule has 0 radical (unpaired) electrons. The summed E-state index contributed by atoms with van der Waals surface area (Å²) in [5.74, 6) is 0.160. The monoisotopic (exact) mass is 326 g/mol. The van der Waals surface area contributed by atoms with Gasteiger partial charge in [-0.2, -0.15) is 0 Å². The summed E-state index contributed by atoms with van der Waals surface area (Å²) < 4.78 is 0.991. The summed E-state index contributed by atoms with van der Waals surface area (Å²) in [6.45, 7) is 0. The molecule has 20 heavy (non-hydrogen) atoms. The minimum absolute atomic E-state index is 0.160. The van der Waals surface area contributed by atoms with Gasteiger partial charge in [0.15, 0.2) is 5.78 Å². The van der Waals surface area contributed by atoms with Crippen molar-refractivity contribution in [3.8, 4) is 0 Å². The van der Waals surface area contributed by atoms with Gasteiger partial charge in [-0.15, -0.1) is 0 Å². The molecule has 2 heteroatoms. The summed E-state index contributed by atoms with van der Waals surface area (Å²) in [5.41, 5.74) is 1.61. The highest BCUT2D eigenvalue weighted by Crippen LogP contribution is 2.42. The molecular formula is C18H15BrO. The molecule has 0 aromatic heterocycles. The van der Waals surface area contributed by atoms with Crippen molar-refractivity contribution < 1.29 is 4.79 Å². The van der Waals surface area contributed by atoms with Gasteiger partial charge in [0.25, 0.3) is 0 Å². The first kappa shape index (κ1) is 13.3. The number of ketones is 1. The van der Waals surface area contributed by atoms with Gasteiger partial charge in [-0.25, -0.2) is 0 Å². The number of allylic oxidation sites excluding steroid dienone is 2. The third-order valence-corrected chi connectivity index (χ3v) is 4.61. The van der Waals surface area contributed by atoms with Crippen molar-refractivity contribution in [2.75, 3.05) is 0 Å². The van der Waals surface area contributed by atoms with Crippen molar-refractivity contribution in [2.45, 2.75) is 18.3 Å². The number of halogens is 1. The van der Waals surface area contributed by atoms with Crippen LogP contribution in [0.3, 0.4) is 0 Å². The van der Waals surface area contributed by atoms with Crippen LogP contribution >= 0.6 is 15.9 Å². The summed E-state index contributed by atoms with van der Waals surface area (Å²) in [6, 6.07) is 20.2. The normalized spacial score (nSPS) is 17.6. The molecule has 100 valence electrons. The quantitative estimate of drug-likeness (QED) is 0.787. The van der Waals surface area contributed by atoms with Gasteiger partial charge in [0, 0.05) is 0 Å². The van der Waals surface area contributed by atoms with E-state index in [-0.39, 0.29) is 5.78 Å². The summed E-state index contributed by atoms with van der Waals surface area (Å²) >= 11 is 3.47. The van der Waals surface area contributed by atoms with Gasteiger partial charge >= 0.3 is 0 Å². The molecule has 3 rings (SSSR count). The fourth-order valence-corrected chi connectivity index (χ4v) is 3.36. The van der Waals surface area contributed by atoms with Crippen LogP contribution < -0.4 is 0 Å². The van der Waals surface area contributed by atoms with Crippen LogP contribution in [0.15, 0.2) is 71.2 Å². The molecule has 0 aliphatic heterocycles. The molecule has 1 aliphatic rings. The molecule has 0 heterocycles. The average Bonchev–Trinajstić information content (AvgIpc) is 2.50. The fourth-order valence-electron chi connectivity index (χ4n) is 2.95. The SMILES string of the molecule is O=C1C=C(Br)CCC1(c1ccccc1)c1ccccc1. The molecule has 0 saturated heterocycles. The van der Waals surface area contributed by atoms with E-state index in [0.717, 1.165) is 28.5 Å². The standard InChI is InChI=1S/C18H15BrO/c19-16-11-12-18(17(20)13-16,14-7-3-1-4-8-14)15-9-5-2-6-10-15/h1-10,13H,11-12H2. The molecule has 0 spiro atoms. The zero-order valence-electron chi connectivity index (χ0n) is 11.1. The molecule has 2 aromatic rings. The first-order valence-electron chi connectivity index (χ1n) is 6.75. The van der Waals surface area contributed by atoms with E-state index in [1.807, 2.05) is 36.4 Å². The molecular weight excluding hydrogens is 312 g/mol. The van der Waals surface area contributed by atoms with E-state index in [9.17, 15) is 4.79 Å². The minimum Gasteiger partial charge on any atom is -0.293 e. The second kappa shape index (κ2) is 5.37. The molecule has 2 aromatic carbocycles. The maximum Gasteiger partial charge on any atom is 0.171 e. The first-order chi connectivity index (χ1) is 9.73. The van der Waals surface area contributed by atoms with Crippen molar-refractivity contribution in [1.82, 2.24) is 0 Å². The molecule has 0 saturated carbocycles. The number of carbonyl (C=O) groups is 1. The maximum atomic E-state index is 12.8. The Balaban J connectivity index is 2.22. The molecule has 0 atom stereocenters. The third kappa shape index (κ3) is 2.14. The smallest absolute Gasteiger partial charge is 0.171 e. The predicted molar refractivity (Wildman–Crippen MR) is 84.9 cm³/mol. The topological polar surface area (TPSA) is 17.1 Å². The number of hydrogen-bond donors (Lipinski definition) is 0. The molecule has 0 fully saturated rings. The van der Waals surface area contributed by atoms with Gasteiger partial charge in [0.05, 0.1) is 5.41 Å². The second-order valence-corrected chi connectivity index (χ2v) is 6.11. The number of benzene rings is 2. The molecule has 1 nitrogen and oxygen atoms in total. The third-order valence-electron chi connectivity index (χ3n) is 3.98. The lowest BCUT2D eigenvalue weighted by molar-refractivity contribution is -0.119. The lowest BCUT2D eigenvalue weighted by atomic mass is 9.66. The highest BCUT2D eigenvalue weighted by Gasteiger charge is 2.42. The number of carbonyl (C=O) groups excluding carboxylic acids is 1. The van der Waals surface area contributed by atoms with E-state index < -0.39 is 5.41 Å². The molecule has 0 unspecified atom stereocenters. The average molecular weight is 327 g/mol. The van der Waals surface area contributed by atoms with E-state index in [1.165, 1.54) is 0 Å². The van der Waals surface area contributed by atoms with Crippen LogP contribution in [0.1, 0.15) is 24.0 Å². The zero-order chi connectivity index (χ0) is 14.0. The maximum absolute atomic E-state index is 12.8. The Hall–Kier alpha value is -1.67. The highest BCUT2D eigenvalue weighted by molar-refractivity contribution is 9.11. The van der Waals surface area contributed by atoms with Crippen LogP contribution in [0.25, 0.3) is 0 Å². The molecule has 0 bridgehead atoms. The van der Waals surface area contributed by atoms with E-state index in [4.69, 9.17) is 0 Å². The Kier molecular flexibility index (Phi) is 3.58. The van der Waals surface area contributed by atoms with Crippen molar-refractivity contribution in [3.63, 3.8) is 0 Å². The van der Waals surface area contributed by atoms with Crippen molar-refractivity contribution >= 4 is 21.7 Å². The second-order valence-electron chi connectivity index (χ2n) is 5.09. The highest BCUT2D eigenvalue weighted by atomic mass is 79.9. The largest absolute Gasteiger partial charge is 0.293 e. The lowest BCUT2D eigenvalue weighted by Crippen LogP contribution is -2.38. The van der Waals surface area contributed by atoms with Crippen molar-refractivity contribution in [1.29, 1.82) is 0 Å². The van der Waals surface area contributed by atoms with E-state index in [1.54, 1.807) is 6.08 Å². The van der Waals surface area contributed by atoms with Crippen LogP contribution in [0.5, 0.6) is 0 Å². The Labute approximate surface area is 127 Å². The lowest BCUT2D eigenvalue weighted by Gasteiger charge is -2.35. The van der Waals surface area contributed by atoms with Crippen molar-refractivity contribution in [3.05, 3.63) is 82.3 Å². The van der Waals surface area contributed by atoms with Gasteiger partial charge in [0.2, 0.25) is 0 Å². The van der Waals surface area contributed by atoms with Gasteiger partial charge in [-0.1, -0.05) is 76.6 Å². The van der Waals surface area contributed by atoms with Crippen molar-refractivity contribution in [2.24, 2.45) is 0 Å². The van der Waals surface area contributed by atoms with Gasteiger partial charge < -0.3 is 0 Å².